The molecule has 2 rings (SSSR count). The van der Waals surface area contributed by atoms with Gasteiger partial charge in [0.1, 0.15) is 0 Å². The Hall–Kier alpha value is -1.66. The van der Waals surface area contributed by atoms with Crippen LogP contribution in [0.4, 0.5) is 5.69 Å². The highest BCUT2D eigenvalue weighted by Crippen LogP contribution is 2.24. The first kappa shape index (κ1) is 13.8. The lowest BCUT2D eigenvalue weighted by Crippen LogP contribution is -2.21. The van der Waals surface area contributed by atoms with Gasteiger partial charge in [0.25, 0.3) is 5.91 Å². The van der Waals surface area contributed by atoms with E-state index in [-0.39, 0.29) is 5.91 Å². The average Bonchev–Trinajstić information content (AvgIpc) is 2.90. The van der Waals surface area contributed by atoms with Crippen molar-refractivity contribution in [2.24, 2.45) is 0 Å². The highest BCUT2D eigenvalue weighted by molar-refractivity contribution is 7.03. The van der Waals surface area contributed by atoms with Crippen LogP contribution in [-0.4, -0.2) is 34.5 Å². The molecule has 0 bridgehead atoms. The fourth-order valence-electron chi connectivity index (χ4n) is 1.50. The van der Waals surface area contributed by atoms with Crippen molar-refractivity contribution in [3.63, 3.8) is 0 Å². The van der Waals surface area contributed by atoms with Gasteiger partial charge in [0.2, 0.25) is 0 Å². The summed E-state index contributed by atoms with van der Waals surface area (Å²) in [6.45, 7) is 0.524. The molecule has 1 N–H and O–H groups in total. The Morgan fingerprint density at radius 1 is 1.47 bits per heavy atom. The molecule has 1 aromatic heterocycles. The van der Waals surface area contributed by atoms with E-state index < -0.39 is 0 Å². The monoisotopic (exact) mass is 296 g/mol. The number of halogens is 1. The second kappa shape index (κ2) is 5.99. The zero-order chi connectivity index (χ0) is 13.8. The van der Waals surface area contributed by atoms with E-state index in [4.69, 9.17) is 11.6 Å². The highest BCUT2D eigenvalue weighted by atomic mass is 35.5. The molecule has 0 aliphatic heterocycles. The summed E-state index contributed by atoms with van der Waals surface area (Å²) in [6.07, 6.45) is 0. The molecule has 0 aliphatic rings. The summed E-state index contributed by atoms with van der Waals surface area (Å²) in [7, 11) is 3.43. The lowest BCUT2D eigenvalue weighted by molar-refractivity contribution is 0.0827. The van der Waals surface area contributed by atoms with Gasteiger partial charge in [-0.2, -0.15) is 0 Å². The van der Waals surface area contributed by atoms with E-state index in [1.54, 1.807) is 32.3 Å². The number of nitrogens with one attached hydrogen (secondary N) is 1. The molecule has 5 nitrogen and oxygen atoms in total. The summed E-state index contributed by atoms with van der Waals surface area (Å²) in [4.78, 5) is 13.4. The Morgan fingerprint density at radius 2 is 2.26 bits per heavy atom. The first-order valence-electron chi connectivity index (χ1n) is 5.59. The van der Waals surface area contributed by atoms with Gasteiger partial charge in [0.05, 0.1) is 22.9 Å². The third-order valence-electron chi connectivity index (χ3n) is 2.48. The number of benzene rings is 1. The predicted octanol–water partition coefficient (Wildman–Crippen LogP) is 2.51. The smallest absolute Gasteiger partial charge is 0.253 e. The number of anilines is 1. The predicted molar refractivity (Wildman–Crippen MR) is 76.7 cm³/mol. The van der Waals surface area contributed by atoms with Crippen LogP contribution in [0, 0.1) is 0 Å². The SMILES string of the molecule is CN(C)C(=O)c1ccc(Cl)c(NCc2csnn2)c1. The van der Waals surface area contributed by atoms with E-state index in [0.29, 0.717) is 22.8 Å². The van der Waals surface area contributed by atoms with E-state index in [9.17, 15) is 4.79 Å². The standard InChI is InChI=1S/C12H13ClN4OS/c1-17(2)12(18)8-3-4-10(13)11(5-8)14-6-9-7-19-16-15-9/h3-5,7,14H,6H2,1-2H3. The molecule has 0 spiro atoms. The second-order valence-corrected chi connectivity index (χ2v) is 5.16. The van der Waals surface area contributed by atoms with Crippen molar-refractivity contribution in [1.29, 1.82) is 0 Å². The fraction of sp³-hybridized carbons (Fsp3) is 0.250. The van der Waals surface area contributed by atoms with Crippen molar-refractivity contribution in [2.75, 3.05) is 19.4 Å². The molecular formula is C12H13ClN4OS. The van der Waals surface area contributed by atoms with E-state index in [1.165, 1.54) is 16.4 Å². The van der Waals surface area contributed by atoms with Crippen LogP contribution in [0.2, 0.25) is 5.02 Å². The van der Waals surface area contributed by atoms with Gasteiger partial charge >= 0.3 is 0 Å². The number of rotatable bonds is 4. The van der Waals surface area contributed by atoms with Gasteiger partial charge in [-0.3, -0.25) is 4.79 Å². The van der Waals surface area contributed by atoms with E-state index in [1.807, 2.05) is 5.38 Å². The molecule has 0 saturated carbocycles. The van der Waals surface area contributed by atoms with Gasteiger partial charge in [-0.05, 0) is 29.7 Å². The van der Waals surface area contributed by atoms with Crippen LogP contribution < -0.4 is 5.32 Å². The van der Waals surface area contributed by atoms with Crippen molar-refractivity contribution in [1.82, 2.24) is 14.5 Å². The summed E-state index contributed by atoms with van der Waals surface area (Å²) in [5, 5.41) is 9.51. The number of carbonyl (C=O) groups is 1. The van der Waals surface area contributed by atoms with Crippen LogP contribution in [0.3, 0.4) is 0 Å². The van der Waals surface area contributed by atoms with Gasteiger partial charge in [0.15, 0.2) is 0 Å². The zero-order valence-corrected chi connectivity index (χ0v) is 12.1. The lowest BCUT2D eigenvalue weighted by Gasteiger charge is -2.13. The summed E-state index contributed by atoms with van der Waals surface area (Å²) in [5.74, 6) is -0.0601. The molecule has 0 atom stereocenters. The molecule has 1 amide bonds. The molecule has 0 aliphatic carbocycles. The lowest BCUT2D eigenvalue weighted by atomic mass is 10.2. The van der Waals surface area contributed by atoms with Crippen LogP contribution in [0.15, 0.2) is 23.6 Å². The molecule has 100 valence electrons. The minimum absolute atomic E-state index is 0.0601. The summed E-state index contributed by atoms with van der Waals surface area (Å²) in [5.41, 5.74) is 2.14. The Kier molecular flexibility index (Phi) is 4.34. The number of carbonyl (C=O) groups excluding carboxylic acids is 1. The van der Waals surface area contributed by atoms with Crippen molar-refractivity contribution >= 4 is 34.7 Å². The van der Waals surface area contributed by atoms with Gasteiger partial charge in [0, 0.05) is 25.0 Å². The van der Waals surface area contributed by atoms with E-state index in [2.05, 4.69) is 14.9 Å². The third kappa shape index (κ3) is 3.42. The molecule has 0 saturated heterocycles. The molecule has 0 radical (unpaired) electrons. The molecule has 0 fully saturated rings. The maximum Gasteiger partial charge on any atom is 0.253 e. The first-order valence-corrected chi connectivity index (χ1v) is 6.80. The van der Waals surface area contributed by atoms with Gasteiger partial charge in [-0.1, -0.05) is 16.1 Å². The molecule has 1 aromatic carbocycles. The maximum atomic E-state index is 11.9. The summed E-state index contributed by atoms with van der Waals surface area (Å²) < 4.78 is 3.78. The van der Waals surface area contributed by atoms with Crippen LogP contribution in [0.5, 0.6) is 0 Å². The minimum Gasteiger partial charge on any atom is -0.378 e. The number of hydrogen-bond acceptors (Lipinski definition) is 5. The van der Waals surface area contributed by atoms with Gasteiger partial charge in [-0.25, -0.2) is 0 Å². The Labute approximate surface area is 120 Å². The quantitative estimate of drug-likeness (QED) is 0.942. The highest BCUT2D eigenvalue weighted by Gasteiger charge is 2.10. The minimum atomic E-state index is -0.0601. The van der Waals surface area contributed by atoms with Crippen LogP contribution in [0.1, 0.15) is 16.1 Å². The molecular weight excluding hydrogens is 284 g/mol. The van der Waals surface area contributed by atoms with E-state index in [0.717, 1.165) is 5.69 Å². The Morgan fingerprint density at radius 3 is 2.89 bits per heavy atom. The number of hydrogen-bond donors (Lipinski definition) is 1. The third-order valence-corrected chi connectivity index (χ3v) is 3.37. The number of nitrogens with zero attached hydrogens (tertiary/aromatic N) is 3. The molecule has 0 unspecified atom stereocenters. The summed E-state index contributed by atoms with van der Waals surface area (Å²) >= 11 is 7.40. The molecule has 2 aromatic rings. The number of aromatic nitrogens is 2. The van der Waals surface area contributed by atoms with E-state index >= 15 is 0 Å². The van der Waals surface area contributed by atoms with Crippen LogP contribution >= 0.6 is 23.1 Å². The van der Waals surface area contributed by atoms with Crippen molar-refractivity contribution in [3.8, 4) is 0 Å². The average molecular weight is 297 g/mol. The largest absolute Gasteiger partial charge is 0.378 e. The topological polar surface area (TPSA) is 58.1 Å². The Bertz CT molecular complexity index is 571. The normalized spacial score (nSPS) is 10.3. The van der Waals surface area contributed by atoms with Gasteiger partial charge in [-0.15, -0.1) is 5.10 Å². The Balaban J connectivity index is 2.15. The molecule has 19 heavy (non-hydrogen) atoms. The van der Waals surface area contributed by atoms with Crippen molar-refractivity contribution in [2.45, 2.75) is 6.54 Å². The maximum absolute atomic E-state index is 11.9. The molecule has 7 heteroatoms. The van der Waals surface area contributed by atoms with Crippen LogP contribution in [0.25, 0.3) is 0 Å². The van der Waals surface area contributed by atoms with Crippen LogP contribution in [-0.2, 0) is 6.54 Å². The first-order chi connectivity index (χ1) is 9.08. The molecule has 1 heterocycles. The van der Waals surface area contributed by atoms with Gasteiger partial charge < -0.3 is 10.2 Å². The number of amides is 1. The summed E-state index contributed by atoms with van der Waals surface area (Å²) in [6, 6.07) is 5.16. The fourth-order valence-corrected chi connectivity index (χ4v) is 2.13. The van der Waals surface area contributed by atoms with Crippen molar-refractivity contribution in [3.05, 3.63) is 39.9 Å². The van der Waals surface area contributed by atoms with Crippen molar-refractivity contribution < 1.29 is 4.79 Å². The zero-order valence-electron chi connectivity index (χ0n) is 10.6. The second-order valence-electron chi connectivity index (χ2n) is 4.14.